The first kappa shape index (κ1) is 18.2. The topological polar surface area (TPSA) is 79.2 Å². The number of hydrogen-bond donors (Lipinski definition) is 2. The first-order chi connectivity index (χ1) is 13.5. The van der Waals surface area contributed by atoms with Crippen LogP contribution in [0.2, 0.25) is 0 Å². The molecule has 6 heteroatoms. The van der Waals surface area contributed by atoms with Crippen LogP contribution in [0.15, 0.2) is 42.6 Å². The minimum atomic E-state index is -0.612. The average molecular weight is 379 g/mol. The number of primary amides is 1. The van der Waals surface area contributed by atoms with Crippen molar-refractivity contribution in [3.63, 3.8) is 0 Å². The van der Waals surface area contributed by atoms with E-state index >= 15 is 0 Å². The molecule has 0 unspecified atom stereocenters. The number of halogens is 1. The molecule has 1 fully saturated rings. The summed E-state index contributed by atoms with van der Waals surface area (Å²) in [5.41, 5.74) is 7.87. The number of carbonyl (C=O) groups excluding carboxylic acids is 2. The molecule has 0 bridgehead atoms. The molecule has 0 saturated heterocycles. The highest BCUT2D eigenvalue weighted by atomic mass is 19.1. The highest BCUT2D eigenvalue weighted by Crippen LogP contribution is 2.29. The summed E-state index contributed by atoms with van der Waals surface area (Å²) in [5.74, 6) is -1.07. The lowest BCUT2D eigenvalue weighted by molar-refractivity contribution is 0.0735. The Kier molecular flexibility index (Phi) is 4.63. The predicted octanol–water partition coefficient (Wildman–Crippen LogP) is 4.09. The van der Waals surface area contributed by atoms with E-state index in [0.717, 1.165) is 18.4 Å². The number of nitrogens with zero attached hydrogens (tertiary/aromatic N) is 1. The number of nitrogens with two attached hydrogens (primary N) is 1. The Labute approximate surface area is 162 Å². The van der Waals surface area contributed by atoms with Gasteiger partial charge in [-0.1, -0.05) is 25.0 Å². The maximum Gasteiger partial charge on any atom is 0.253 e. The van der Waals surface area contributed by atoms with Crippen LogP contribution in [0.3, 0.4) is 0 Å². The van der Waals surface area contributed by atoms with E-state index in [1.807, 2.05) is 11.9 Å². The summed E-state index contributed by atoms with van der Waals surface area (Å²) in [4.78, 5) is 28.8. The minimum absolute atomic E-state index is 0.00160. The van der Waals surface area contributed by atoms with Gasteiger partial charge < -0.3 is 15.6 Å². The van der Waals surface area contributed by atoms with Gasteiger partial charge in [0.15, 0.2) is 0 Å². The van der Waals surface area contributed by atoms with Crippen LogP contribution in [-0.4, -0.2) is 34.8 Å². The molecular formula is C22H22FN3O2. The summed E-state index contributed by atoms with van der Waals surface area (Å²) in [7, 11) is 1.85. The van der Waals surface area contributed by atoms with Gasteiger partial charge in [0.05, 0.1) is 11.1 Å². The van der Waals surface area contributed by atoms with Gasteiger partial charge in [0.25, 0.3) is 11.8 Å². The number of aromatic amines is 1. The molecule has 3 N–H and O–H groups in total. The van der Waals surface area contributed by atoms with Crippen LogP contribution in [0.1, 0.15) is 46.4 Å². The van der Waals surface area contributed by atoms with Crippen LogP contribution in [0.4, 0.5) is 4.39 Å². The summed E-state index contributed by atoms with van der Waals surface area (Å²) in [5, 5.41) is 0.448. The molecule has 28 heavy (non-hydrogen) atoms. The Morgan fingerprint density at radius 2 is 1.79 bits per heavy atom. The minimum Gasteiger partial charge on any atom is -0.366 e. The zero-order chi connectivity index (χ0) is 19.8. The van der Waals surface area contributed by atoms with E-state index in [1.54, 1.807) is 30.3 Å². The van der Waals surface area contributed by atoms with Gasteiger partial charge in [-0.3, -0.25) is 9.59 Å². The molecule has 144 valence electrons. The lowest BCUT2D eigenvalue weighted by atomic mass is 10.0. The monoisotopic (exact) mass is 379 g/mol. The summed E-state index contributed by atoms with van der Waals surface area (Å²) in [6.07, 6.45) is 5.86. The van der Waals surface area contributed by atoms with E-state index in [1.165, 1.54) is 25.1 Å². The number of fused-ring (bicyclic) bond motifs is 1. The maximum absolute atomic E-state index is 14.5. The fraction of sp³-hybridized carbons (Fsp3) is 0.273. The van der Waals surface area contributed by atoms with E-state index in [0.29, 0.717) is 22.6 Å². The summed E-state index contributed by atoms with van der Waals surface area (Å²) in [6, 6.07) is 10.6. The molecule has 2 aromatic carbocycles. The standard InChI is InChI=1S/C22H22FN3O2/c1-26(16-4-2-3-5-16)22(28)14-8-6-13(7-9-14)15-10-17-18(21(24)27)12-25-20(17)19(23)11-15/h6-12,16,25H,2-5H2,1H3,(H2,24,27). The molecule has 1 aliphatic carbocycles. The predicted molar refractivity (Wildman–Crippen MR) is 107 cm³/mol. The molecule has 2 amide bonds. The molecular weight excluding hydrogens is 357 g/mol. The Morgan fingerprint density at radius 1 is 1.11 bits per heavy atom. The number of rotatable bonds is 4. The number of benzene rings is 2. The number of amides is 2. The van der Waals surface area contributed by atoms with Crippen molar-refractivity contribution in [1.29, 1.82) is 0 Å². The highest BCUT2D eigenvalue weighted by Gasteiger charge is 2.24. The first-order valence-corrected chi connectivity index (χ1v) is 9.43. The molecule has 1 saturated carbocycles. The number of aromatic nitrogens is 1. The van der Waals surface area contributed by atoms with Crippen molar-refractivity contribution in [2.24, 2.45) is 5.73 Å². The molecule has 0 spiro atoms. The summed E-state index contributed by atoms with van der Waals surface area (Å²) in [6.45, 7) is 0. The fourth-order valence-electron chi connectivity index (χ4n) is 4.02. The molecule has 1 aliphatic rings. The molecule has 0 aliphatic heterocycles. The SMILES string of the molecule is CN(C(=O)c1ccc(-c2cc(F)c3[nH]cc(C(N)=O)c3c2)cc1)C1CCCC1. The second-order valence-electron chi connectivity index (χ2n) is 7.38. The van der Waals surface area contributed by atoms with Gasteiger partial charge in [0.1, 0.15) is 5.82 Å². The van der Waals surface area contributed by atoms with Crippen molar-refractivity contribution in [2.45, 2.75) is 31.7 Å². The van der Waals surface area contributed by atoms with Crippen LogP contribution in [0, 0.1) is 5.82 Å². The van der Waals surface area contributed by atoms with Gasteiger partial charge in [0, 0.05) is 30.2 Å². The third-order valence-electron chi connectivity index (χ3n) is 5.66. The van der Waals surface area contributed by atoms with Gasteiger partial charge >= 0.3 is 0 Å². The first-order valence-electron chi connectivity index (χ1n) is 9.43. The Balaban J connectivity index is 1.64. The zero-order valence-corrected chi connectivity index (χ0v) is 15.7. The van der Waals surface area contributed by atoms with Gasteiger partial charge in [0.2, 0.25) is 0 Å². The second-order valence-corrected chi connectivity index (χ2v) is 7.38. The Morgan fingerprint density at radius 3 is 2.43 bits per heavy atom. The average Bonchev–Trinajstić information content (AvgIpc) is 3.37. The quantitative estimate of drug-likeness (QED) is 0.716. The lowest BCUT2D eigenvalue weighted by Crippen LogP contribution is -2.35. The van der Waals surface area contributed by atoms with E-state index in [2.05, 4.69) is 4.98 Å². The van der Waals surface area contributed by atoms with Gasteiger partial charge in [-0.15, -0.1) is 0 Å². The van der Waals surface area contributed by atoms with Crippen LogP contribution in [-0.2, 0) is 0 Å². The summed E-state index contributed by atoms with van der Waals surface area (Å²) >= 11 is 0. The zero-order valence-electron chi connectivity index (χ0n) is 15.7. The molecule has 1 aromatic heterocycles. The summed E-state index contributed by atoms with van der Waals surface area (Å²) < 4.78 is 14.5. The number of nitrogens with one attached hydrogen (secondary N) is 1. The molecule has 5 nitrogen and oxygen atoms in total. The number of H-pyrrole nitrogens is 1. The maximum atomic E-state index is 14.5. The van der Waals surface area contributed by atoms with Crippen molar-refractivity contribution in [3.05, 3.63) is 59.5 Å². The van der Waals surface area contributed by atoms with Crippen LogP contribution in [0.5, 0.6) is 0 Å². The Hall–Kier alpha value is -3.15. The van der Waals surface area contributed by atoms with Crippen molar-refractivity contribution in [3.8, 4) is 11.1 Å². The molecule has 0 radical (unpaired) electrons. The van der Waals surface area contributed by atoms with E-state index < -0.39 is 11.7 Å². The van der Waals surface area contributed by atoms with Crippen LogP contribution in [0.25, 0.3) is 22.0 Å². The van der Waals surface area contributed by atoms with Crippen LogP contribution < -0.4 is 5.73 Å². The van der Waals surface area contributed by atoms with E-state index in [9.17, 15) is 14.0 Å². The third kappa shape index (κ3) is 3.15. The Bertz CT molecular complexity index is 1050. The van der Waals surface area contributed by atoms with Crippen molar-refractivity contribution in [2.75, 3.05) is 7.05 Å². The van der Waals surface area contributed by atoms with Crippen molar-refractivity contribution >= 4 is 22.7 Å². The molecule has 0 atom stereocenters. The van der Waals surface area contributed by atoms with Gasteiger partial charge in [-0.25, -0.2) is 4.39 Å². The normalized spacial score (nSPS) is 14.5. The third-order valence-corrected chi connectivity index (χ3v) is 5.66. The smallest absolute Gasteiger partial charge is 0.253 e. The number of carbonyl (C=O) groups is 2. The highest BCUT2D eigenvalue weighted by molar-refractivity contribution is 6.07. The lowest BCUT2D eigenvalue weighted by Gasteiger charge is -2.24. The number of hydrogen-bond acceptors (Lipinski definition) is 2. The second kappa shape index (κ2) is 7.11. The molecule has 4 rings (SSSR count). The molecule has 1 heterocycles. The molecule has 3 aromatic rings. The largest absolute Gasteiger partial charge is 0.366 e. The van der Waals surface area contributed by atoms with Gasteiger partial charge in [-0.2, -0.15) is 0 Å². The fourth-order valence-corrected chi connectivity index (χ4v) is 4.02. The van der Waals surface area contributed by atoms with Gasteiger partial charge in [-0.05, 0) is 48.2 Å². The van der Waals surface area contributed by atoms with Crippen LogP contribution >= 0.6 is 0 Å². The van der Waals surface area contributed by atoms with Crippen molar-refractivity contribution in [1.82, 2.24) is 9.88 Å². The van der Waals surface area contributed by atoms with Crippen molar-refractivity contribution < 1.29 is 14.0 Å². The van der Waals surface area contributed by atoms with E-state index in [4.69, 9.17) is 5.73 Å². The van der Waals surface area contributed by atoms with E-state index in [-0.39, 0.29) is 17.0 Å².